The van der Waals surface area contributed by atoms with E-state index in [2.05, 4.69) is 57.0 Å². The Labute approximate surface area is 112 Å². The van der Waals surface area contributed by atoms with Gasteiger partial charge >= 0.3 is 0 Å². The number of nitrogens with two attached hydrogens (primary N) is 1. The van der Waals surface area contributed by atoms with Gasteiger partial charge in [0.25, 0.3) is 0 Å². The average molecular weight is 248 g/mol. The highest BCUT2D eigenvalue weighted by Crippen LogP contribution is 2.17. The zero-order valence-electron chi connectivity index (χ0n) is 12.3. The van der Waals surface area contributed by atoms with Gasteiger partial charge in [-0.1, -0.05) is 50.1 Å². The molecule has 0 aromatic heterocycles. The Morgan fingerprint density at radius 2 is 1.83 bits per heavy atom. The Morgan fingerprint density at radius 1 is 1.22 bits per heavy atom. The van der Waals surface area contributed by atoms with Crippen LogP contribution in [-0.4, -0.2) is 24.5 Å². The highest BCUT2D eigenvalue weighted by molar-refractivity contribution is 5.21. The van der Waals surface area contributed by atoms with Crippen LogP contribution in [0.2, 0.25) is 0 Å². The van der Waals surface area contributed by atoms with E-state index in [9.17, 15) is 0 Å². The molecule has 102 valence electrons. The zero-order valence-corrected chi connectivity index (χ0v) is 12.3. The van der Waals surface area contributed by atoms with Crippen LogP contribution >= 0.6 is 0 Å². The number of nitrogens with zero attached hydrogens (tertiary/aromatic N) is 1. The third-order valence-corrected chi connectivity index (χ3v) is 3.76. The predicted molar refractivity (Wildman–Crippen MR) is 79.6 cm³/mol. The van der Waals surface area contributed by atoms with Crippen LogP contribution in [0.15, 0.2) is 24.3 Å². The van der Waals surface area contributed by atoms with Crippen molar-refractivity contribution in [2.24, 2.45) is 11.7 Å². The van der Waals surface area contributed by atoms with E-state index in [-0.39, 0.29) is 0 Å². The van der Waals surface area contributed by atoms with Gasteiger partial charge in [-0.15, -0.1) is 0 Å². The molecule has 0 radical (unpaired) electrons. The van der Waals surface area contributed by atoms with Gasteiger partial charge in [0.15, 0.2) is 0 Å². The number of benzene rings is 1. The van der Waals surface area contributed by atoms with Crippen molar-refractivity contribution >= 4 is 0 Å². The van der Waals surface area contributed by atoms with Crippen molar-refractivity contribution in [2.75, 3.05) is 13.6 Å². The molecule has 0 heterocycles. The number of rotatable bonds is 7. The standard InChI is InChI=1S/C16H28N2/c1-5-6-14(3)16(11-17)18(4)12-15-9-7-13(2)8-10-15/h7-10,14,16H,5-6,11-12,17H2,1-4H3. The van der Waals surface area contributed by atoms with Gasteiger partial charge in [-0.25, -0.2) is 0 Å². The minimum absolute atomic E-state index is 0.478. The van der Waals surface area contributed by atoms with Crippen LogP contribution in [0, 0.1) is 12.8 Å². The van der Waals surface area contributed by atoms with Crippen LogP contribution in [0.25, 0.3) is 0 Å². The van der Waals surface area contributed by atoms with Crippen LogP contribution in [0.1, 0.15) is 37.8 Å². The topological polar surface area (TPSA) is 29.3 Å². The molecule has 2 heteroatoms. The fourth-order valence-electron chi connectivity index (χ4n) is 2.59. The van der Waals surface area contributed by atoms with E-state index in [0.717, 1.165) is 13.1 Å². The summed E-state index contributed by atoms with van der Waals surface area (Å²) in [5, 5.41) is 0. The monoisotopic (exact) mass is 248 g/mol. The maximum Gasteiger partial charge on any atom is 0.0244 e. The largest absolute Gasteiger partial charge is 0.329 e. The summed E-state index contributed by atoms with van der Waals surface area (Å²) in [5.74, 6) is 0.662. The van der Waals surface area contributed by atoms with Crippen molar-refractivity contribution in [3.05, 3.63) is 35.4 Å². The maximum absolute atomic E-state index is 5.94. The van der Waals surface area contributed by atoms with Crippen molar-refractivity contribution < 1.29 is 0 Å². The first kappa shape index (κ1) is 15.2. The van der Waals surface area contributed by atoms with E-state index in [1.54, 1.807) is 0 Å². The van der Waals surface area contributed by atoms with Crippen molar-refractivity contribution in [3.8, 4) is 0 Å². The molecule has 0 saturated carbocycles. The normalized spacial score (nSPS) is 14.8. The van der Waals surface area contributed by atoms with Gasteiger partial charge in [-0.2, -0.15) is 0 Å². The van der Waals surface area contributed by atoms with E-state index in [1.165, 1.54) is 24.0 Å². The molecule has 1 aromatic carbocycles. The van der Waals surface area contributed by atoms with Crippen molar-refractivity contribution in [1.82, 2.24) is 4.90 Å². The van der Waals surface area contributed by atoms with E-state index < -0.39 is 0 Å². The molecule has 0 fully saturated rings. The molecule has 2 unspecified atom stereocenters. The highest BCUT2D eigenvalue weighted by Gasteiger charge is 2.19. The lowest BCUT2D eigenvalue weighted by Crippen LogP contribution is -2.42. The molecule has 2 atom stereocenters. The first-order valence-corrected chi connectivity index (χ1v) is 7.04. The Balaban J connectivity index is 2.61. The molecule has 0 spiro atoms. The predicted octanol–water partition coefficient (Wildman–Crippen LogP) is 3.19. The maximum atomic E-state index is 5.94. The number of likely N-dealkylation sites (N-methyl/N-ethyl adjacent to an activating group) is 1. The number of hydrogen-bond acceptors (Lipinski definition) is 2. The molecule has 2 nitrogen and oxygen atoms in total. The second-order valence-electron chi connectivity index (χ2n) is 5.47. The summed E-state index contributed by atoms with van der Waals surface area (Å²) < 4.78 is 0. The van der Waals surface area contributed by atoms with E-state index in [1.807, 2.05) is 0 Å². The minimum atomic E-state index is 0.478. The van der Waals surface area contributed by atoms with E-state index in [4.69, 9.17) is 5.73 Å². The summed E-state index contributed by atoms with van der Waals surface area (Å²) in [7, 11) is 2.18. The fourth-order valence-corrected chi connectivity index (χ4v) is 2.59. The van der Waals surface area contributed by atoms with Gasteiger partial charge in [0.2, 0.25) is 0 Å². The summed E-state index contributed by atoms with van der Waals surface area (Å²) >= 11 is 0. The quantitative estimate of drug-likeness (QED) is 0.803. The average Bonchev–Trinajstić information content (AvgIpc) is 2.33. The second kappa shape index (κ2) is 7.55. The molecule has 18 heavy (non-hydrogen) atoms. The Morgan fingerprint density at radius 3 is 2.33 bits per heavy atom. The fraction of sp³-hybridized carbons (Fsp3) is 0.625. The van der Waals surface area contributed by atoms with Crippen molar-refractivity contribution in [2.45, 2.75) is 46.2 Å². The number of aryl methyl sites for hydroxylation is 1. The SMILES string of the molecule is CCCC(C)C(CN)N(C)Cc1ccc(C)cc1. The van der Waals surface area contributed by atoms with Gasteiger partial charge in [-0.05, 0) is 31.9 Å². The van der Waals surface area contributed by atoms with Crippen LogP contribution in [-0.2, 0) is 6.54 Å². The van der Waals surface area contributed by atoms with Crippen LogP contribution in [0.5, 0.6) is 0 Å². The van der Waals surface area contributed by atoms with E-state index in [0.29, 0.717) is 12.0 Å². The molecule has 0 bridgehead atoms. The summed E-state index contributed by atoms with van der Waals surface area (Å²) in [5.41, 5.74) is 8.62. The Hall–Kier alpha value is -0.860. The van der Waals surface area contributed by atoms with Crippen molar-refractivity contribution in [1.29, 1.82) is 0 Å². The van der Waals surface area contributed by atoms with Gasteiger partial charge in [0.1, 0.15) is 0 Å². The molecular weight excluding hydrogens is 220 g/mol. The summed E-state index contributed by atoms with van der Waals surface area (Å²) in [6.07, 6.45) is 2.48. The first-order chi connectivity index (χ1) is 8.58. The van der Waals surface area contributed by atoms with E-state index >= 15 is 0 Å². The van der Waals surface area contributed by atoms with Gasteiger partial charge in [-0.3, -0.25) is 4.90 Å². The molecule has 0 saturated heterocycles. The van der Waals surface area contributed by atoms with Gasteiger partial charge < -0.3 is 5.73 Å². The Kier molecular flexibility index (Phi) is 6.37. The molecule has 0 aliphatic heterocycles. The lowest BCUT2D eigenvalue weighted by molar-refractivity contribution is 0.174. The van der Waals surface area contributed by atoms with Crippen LogP contribution < -0.4 is 5.73 Å². The third-order valence-electron chi connectivity index (χ3n) is 3.76. The minimum Gasteiger partial charge on any atom is -0.329 e. The summed E-state index contributed by atoms with van der Waals surface area (Å²) in [6, 6.07) is 9.26. The summed E-state index contributed by atoms with van der Waals surface area (Å²) in [6.45, 7) is 8.40. The molecule has 0 aliphatic rings. The molecule has 0 amide bonds. The van der Waals surface area contributed by atoms with Crippen LogP contribution in [0.3, 0.4) is 0 Å². The second-order valence-corrected chi connectivity index (χ2v) is 5.47. The molecule has 1 rings (SSSR count). The lowest BCUT2D eigenvalue weighted by atomic mass is 9.95. The highest BCUT2D eigenvalue weighted by atomic mass is 15.1. The molecular formula is C16H28N2. The summed E-state index contributed by atoms with van der Waals surface area (Å²) in [4.78, 5) is 2.39. The zero-order chi connectivity index (χ0) is 13.5. The molecule has 0 aliphatic carbocycles. The molecule has 1 aromatic rings. The molecule has 2 N–H and O–H groups in total. The smallest absolute Gasteiger partial charge is 0.0244 e. The Bertz CT molecular complexity index is 331. The first-order valence-electron chi connectivity index (χ1n) is 7.04. The van der Waals surface area contributed by atoms with Crippen molar-refractivity contribution in [3.63, 3.8) is 0 Å². The number of hydrogen-bond donors (Lipinski definition) is 1. The van der Waals surface area contributed by atoms with Crippen LogP contribution in [0.4, 0.5) is 0 Å². The lowest BCUT2D eigenvalue weighted by Gasteiger charge is -2.32. The van der Waals surface area contributed by atoms with Gasteiger partial charge in [0.05, 0.1) is 0 Å². The third kappa shape index (κ3) is 4.43. The van der Waals surface area contributed by atoms with Gasteiger partial charge in [0, 0.05) is 19.1 Å².